The first-order valence-electron chi connectivity index (χ1n) is 7.90. The van der Waals surface area contributed by atoms with Gasteiger partial charge in [-0.3, -0.25) is 4.79 Å². The Labute approximate surface area is 151 Å². The van der Waals surface area contributed by atoms with E-state index in [1.807, 2.05) is 24.3 Å². The summed E-state index contributed by atoms with van der Waals surface area (Å²) in [6.07, 6.45) is 0. The van der Waals surface area contributed by atoms with Gasteiger partial charge >= 0.3 is 5.97 Å². The molecule has 6 heteroatoms. The van der Waals surface area contributed by atoms with Gasteiger partial charge in [0.15, 0.2) is 0 Å². The van der Waals surface area contributed by atoms with Gasteiger partial charge < -0.3 is 14.8 Å². The lowest BCUT2D eigenvalue weighted by Gasteiger charge is -2.07. The van der Waals surface area contributed by atoms with Gasteiger partial charge in [0, 0.05) is 11.4 Å². The summed E-state index contributed by atoms with van der Waals surface area (Å²) in [4.78, 5) is 23.6. The second kappa shape index (κ2) is 9.74. The zero-order valence-corrected chi connectivity index (χ0v) is 15.1. The van der Waals surface area contributed by atoms with E-state index in [9.17, 15) is 9.59 Å². The number of rotatable bonds is 8. The van der Waals surface area contributed by atoms with Crippen LogP contribution in [-0.2, 0) is 15.3 Å². The van der Waals surface area contributed by atoms with Crippen molar-refractivity contribution in [2.45, 2.75) is 12.7 Å². The highest BCUT2D eigenvalue weighted by Gasteiger charge is 2.07. The molecule has 0 aliphatic carbocycles. The van der Waals surface area contributed by atoms with Crippen LogP contribution in [0.3, 0.4) is 0 Å². The van der Waals surface area contributed by atoms with Gasteiger partial charge in [-0.2, -0.15) is 0 Å². The number of methoxy groups -OCH3 is 1. The van der Waals surface area contributed by atoms with Crippen molar-refractivity contribution in [2.75, 3.05) is 24.8 Å². The van der Waals surface area contributed by atoms with Gasteiger partial charge in [0.05, 0.1) is 25.0 Å². The van der Waals surface area contributed by atoms with Crippen molar-refractivity contribution < 1.29 is 19.1 Å². The van der Waals surface area contributed by atoms with E-state index in [0.717, 1.165) is 17.1 Å². The summed E-state index contributed by atoms with van der Waals surface area (Å²) in [5, 5.41) is 2.81. The Morgan fingerprint density at radius 2 is 1.72 bits per heavy atom. The number of ether oxygens (including phenoxy) is 2. The summed E-state index contributed by atoms with van der Waals surface area (Å²) in [5.74, 6) is 1.47. The first-order valence-corrected chi connectivity index (χ1v) is 9.05. The number of nitrogens with one attached hydrogen (secondary N) is 1. The first-order chi connectivity index (χ1) is 12.1. The maximum absolute atomic E-state index is 12.0. The Morgan fingerprint density at radius 1 is 1.04 bits per heavy atom. The van der Waals surface area contributed by atoms with E-state index < -0.39 is 0 Å². The summed E-state index contributed by atoms with van der Waals surface area (Å²) in [5.41, 5.74) is 2.26. The third-order valence-corrected chi connectivity index (χ3v) is 4.34. The van der Waals surface area contributed by atoms with Crippen LogP contribution in [0.4, 0.5) is 5.69 Å². The Kier molecular flexibility index (Phi) is 7.35. The molecule has 0 unspecified atom stereocenters. The van der Waals surface area contributed by atoms with E-state index in [-0.39, 0.29) is 11.9 Å². The minimum absolute atomic E-state index is 0.0811. The summed E-state index contributed by atoms with van der Waals surface area (Å²) in [6, 6.07) is 14.4. The lowest BCUT2D eigenvalue weighted by molar-refractivity contribution is -0.113. The molecule has 0 radical (unpaired) electrons. The topological polar surface area (TPSA) is 64.6 Å². The molecule has 0 aliphatic rings. The van der Waals surface area contributed by atoms with Crippen molar-refractivity contribution in [1.82, 2.24) is 0 Å². The van der Waals surface area contributed by atoms with Gasteiger partial charge in [0.25, 0.3) is 0 Å². The summed E-state index contributed by atoms with van der Waals surface area (Å²) < 4.78 is 10.0. The third kappa shape index (κ3) is 6.15. The average Bonchev–Trinajstić information content (AvgIpc) is 2.63. The maximum Gasteiger partial charge on any atom is 0.338 e. The quantitative estimate of drug-likeness (QED) is 0.727. The molecule has 2 aromatic rings. The Hall–Kier alpha value is -2.47. The van der Waals surface area contributed by atoms with E-state index in [1.54, 1.807) is 38.3 Å². The monoisotopic (exact) mass is 359 g/mol. The van der Waals surface area contributed by atoms with E-state index >= 15 is 0 Å². The molecule has 132 valence electrons. The van der Waals surface area contributed by atoms with Crippen LogP contribution in [0.15, 0.2) is 48.5 Å². The van der Waals surface area contributed by atoms with Crippen LogP contribution in [0.1, 0.15) is 22.8 Å². The van der Waals surface area contributed by atoms with Crippen molar-refractivity contribution in [3.05, 3.63) is 59.7 Å². The second-order valence-corrected chi connectivity index (χ2v) is 6.17. The Morgan fingerprint density at radius 3 is 2.32 bits per heavy atom. The highest BCUT2D eigenvalue weighted by Crippen LogP contribution is 2.17. The smallest absolute Gasteiger partial charge is 0.338 e. The van der Waals surface area contributed by atoms with Crippen LogP contribution in [0.25, 0.3) is 0 Å². The van der Waals surface area contributed by atoms with Crippen LogP contribution < -0.4 is 10.1 Å². The molecule has 0 spiro atoms. The normalized spacial score (nSPS) is 10.2. The van der Waals surface area contributed by atoms with Gasteiger partial charge in [-0.25, -0.2) is 4.79 Å². The highest BCUT2D eigenvalue weighted by atomic mass is 32.2. The maximum atomic E-state index is 12.0. The number of amides is 1. The fraction of sp³-hybridized carbons (Fsp3) is 0.263. The van der Waals surface area contributed by atoms with Crippen LogP contribution in [0.5, 0.6) is 5.75 Å². The van der Waals surface area contributed by atoms with Gasteiger partial charge in [-0.15, -0.1) is 11.8 Å². The molecule has 0 heterocycles. The molecule has 0 bridgehead atoms. The number of hydrogen-bond acceptors (Lipinski definition) is 5. The van der Waals surface area contributed by atoms with Crippen LogP contribution in [0.2, 0.25) is 0 Å². The highest BCUT2D eigenvalue weighted by molar-refractivity contribution is 7.99. The minimum Gasteiger partial charge on any atom is -0.497 e. The molecular formula is C19H21NO4S. The molecule has 0 fully saturated rings. The van der Waals surface area contributed by atoms with Crippen LogP contribution >= 0.6 is 11.8 Å². The molecule has 2 aromatic carbocycles. The van der Waals surface area contributed by atoms with Gasteiger partial charge in [0.2, 0.25) is 5.91 Å². The molecule has 1 N–H and O–H groups in total. The third-order valence-electron chi connectivity index (χ3n) is 3.34. The number of anilines is 1. The summed E-state index contributed by atoms with van der Waals surface area (Å²) >= 11 is 1.53. The van der Waals surface area contributed by atoms with Crippen LogP contribution in [-0.4, -0.2) is 31.3 Å². The Bertz CT molecular complexity index is 698. The van der Waals surface area contributed by atoms with E-state index in [1.165, 1.54) is 11.8 Å². The van der Waals surface area contributed by atoms with Gasteiger partial charge in [0.1, 0.15) is 5.75 Å². The zero-order chi connectivity index (χ0) is 18.1. The molecule has 0 saturated heterocycles. The molecule has 2 rings (SSSR count). The minimum atomic E-state index is -0.365. The van der Waals surface area contributed by atoms with Crippen molar-refractivity contribution in [3.63, 3.8) is 0 Å². The standard InChI is InChI=1S/C19H21NO4S/c1-3-24-19(22)15-6-8-16(9-7-15)20-18(21)13-25-12-14-4-10-17(23-2)11-5-14/h4-11H,3,12-13H2,1-2H3,(H,20,21). The summed E-state index contributed by atoms with van der Waals surface area (Å²) in [6.45, 7) is 2.10. The van der Waals surface area contributed by atoms with Gasteiger partial charge in [-0.05, 0) is 48.9 Å². The molecular weight excluding hydrogens is 338 g/mol. The van der Waals surface area contributed by atoms with E-state index in [4.69, 9.17) is 9.47 Å². The number of benzene rings is 2. The van der Waals surface area contributed by atoms with E-state index in [0.29, 0.717) is 23.6 Å². The largest absolute Gasteiger partial charge is 0.497 e. The van der Waals surface area contributed by atoms with Crippen molar-refractivity contribution in [2.24, 2.45) is 0 Å². The average molecular weight is 359 g/mol. The van der Waals surface area contributed by atoms with Crippen molar-refractivity contribution >= 4 is 29.3 Å². The number of hydrogen-bond donors (Lipinski definition) is 1. The van der Waals surface area contributed by atoms with Crippen molar-refractivity contribution in [3.8, 4) is 5.75 Å². The first kappa shape index (κ1) is 18.9. The SMILES string of the molecule is CCOC(=O)c1ccc(NC(=O)CSCc2ccc(OC)cc2)cc1. The second-order valence-electron chi connectivity index (χ2n) is 5.19. The molecule has 0 aromatic heterocycles. The molecule has 0 aliphatic heterocycles. The van der Waals surface area contributed by atoms with Gasteiger partial charge in [-0.1, -0.05) is 12.1 Å². The Balaban J connectivity index is 1.76. The zero-order valence-electron chi connectivity index (χ0n) is 14.3. The lowest BCUT2D eigenvalue weighted by atomic mass is 10.2. The predicted octanol–water partition coefficient (Wildman–Crippen LogP) is 3.74. The molecule has 25 heavy (non-hydrogen) atoms. The molecule has 0 saturated carbocycles. The molecule has 1 amide bonds. The number of carbonyl (C=O) groups is 2. The predicted molar refractivity (Wildman–Crippen MR) is 100 cm³/mol. The number of carbonyl (C=O) groups excluding carboxylic acids is 2. The number of esters is 1. The number of thioether (sulfide) groups is 1. The molecule has 0 atom stereocenters. The van der Waals surface area contributed by atoms with Crippen LogP contribution in [0, 0.1) is 0 Å². The van der Waals surface area contributed by atoms with Crippen molar-refractivity contribution in [1.29, 1.82) is 0 Å². The van der Waals surface area contributed by atoms with E-state index in [2.05, 4.69) is 5.32 Å². The fourth-order valence-corrected chi connectivity index (χ4v) is 2.87. The lowest BCUT2D eigenvalue weighted by Crippen LogP contribution is -2.14. The fourth-order valence-electron chi connectivity index (χ4n) is 2.08. The molecule has 5 nitrogen and oxygen atoms in total. The summed E-state index contributed by atoms with van der Waals surface area (Å²) in [7, 11) is 1.63.